The Morgan fingerprint density at radius 2 is 2.08 bits per heavy atom. The Balaban J connectivity index is 1.66. The molecule has 25 heavy (non-hydrogen) atoms. The summed E-state index contributed by atoms with van der Waals surface area (Å²) in [6, 6.07) is 7.72. The van der Waals surface area contributed by atoms with Crippen LogP contribution in [0.25, 0.3) is 0 Å². The molecule has 0 fully saturated rings. The average molecular weight is 406 g/mol. The summed E-state index contributed by atoms with van der Waals surface area (Å²) >= 11 is 3.38. The van der Waals surface area contributed by atoms with Gasteiger partial charge < -0.3 is 5.32 Å². The molecule has 8 heteroatoms. The van der Waals surface area contributed by atoms with Crippen molar-refractivity contribution in [3.63, 3.8) is 0 Å². The van der Waals surface area contributed by atoms with Crippen molar-refractivity contribution < 1.29 is 9.18 Å². The number of nitrogens with zero attached hydrogens (tertiary/aromatic N) is 4. The first-order valence-electron chi connectivity index (χ1n) is 7.73. The topological polar surface area (TPSA) is 64.7 Å². The highest BCUT2D eigenvalue weighted by Crippen LogP contribution is 2.18. The fraction of sp³-hybridized carbons (Fsp3) is 0.235. The second-order valence-corrected chi connectivity index (χ2v) is 6.55. The van der Waals surface area contributed by atoms with Gasteiger partial charge in [0.2, 0.25) is 5.91 Å². The number of aromatic nitrogens is 4. The minimum Gasteiger partial charge on any atom is -0.307 e. The molecule has 1 atom stereocenters. The highest BCUT2D eigenvalue weighted by Gasteiger charge is 2.18. The molecule has 0 aliphatic carbocycles. The smallest absolute Gasteiger partial charge is 0.250 e. The molecule has 2 aromatic heterocycles. The highest BCUT2D eigenvalue weighted by molar-refractivity contribution is 9.10. The van der Waals surface area contributed by atoms with Crippen LogP contribution in [0.2, 0.25) is 0 Å². The van der Waals surface area contributed by atoms with Crippen molar-refractivity contribution in [2.45, 2.75) is 26.4 Å². The summed E-state index contributed by atoms with van der Waals surface area (Å²) in [6.07, 6.45) is 3.46. The van der Waals surface area contributed by atoms with Crippen LogP contribution in [0.1, 0.15) is 24.2 Å². The predicted molar refractivity (Wildman–Crippen MR) is 95.7 cm³/mol. The Morgan fingerprint density at radius 1 is 1.32 bits per heavy atom. The Labute approximate surface area is 152 Å². The first-order chi connectivity index (χ1) is 11.9. The standard InChI is InChI=1S/C17H17BrFN5O/c1-11-14(18)10-24(21-11)12(2)17(25)20-16-7-8-23(22-16)9-13-5-3-4-6-15(13)19/h3-8,10,12H,9H2,1-2H3,(H,20,22,25). The Morgan fingerprint density at radius 3 is 2.76 bits per heavy atom. The van der Waals surface area contributed by atoms with Gasteiger partial charge in [-0.25, -0.2) is 4.39 Å². The number of benzene rings is 1. The quantitative estimate of drug-likeness (QED) is 0.705. The van der Waals surface area contributed by atoms with E-state index in [1.165, 1.54) is 6.07 Å². The third kappa shape index (κ3) is 3.96. The zero-order valence-corrected chi connectivity index (χ0v) is 15.4. The fourth-order valence-electron chi connectivity index (χ4n) is 2.33. The van der Waals surface area contributed by atoms with Crippen LogP contribution in [0, 0.1) is 12.7 Å². The second kappa shape index (κ2) is 7.18. The normalized spacial score (nSPS) is 12.2. The molecule has 0 aliphatic rings. The van der Waals surface area contributed by atoms with E-state index in [2.05, 4.69) is 31.4 Å². The molecular weight excluding hydrogens is 389 g/mol. The van der Waals surface area contributed by atoms with Crippen LogP contribution in [0.15, 0.2) is 47.2 Å². The maximum atomic E-state index is 13.7. The molecule has 2 heterocycles. The number of aryl methyl sites for hydroxylation is 1. The second-order valence-electron chi connectivity index (χ2n) is 5.70. The third-order valence-corrected chi connectivity index (χ3v) is 4.59. The number of carbonyl (C=O) groups excluding carboxylic acids is 1. The van der Waals surface area contributed by atoms with Crippen LogP contribution < -0.4 is 5.32 Å². The van der Waals surface area contributed by atoms with Crippen molar-refractivity contribution in [1.82, 2.24) is 19.6 Å². The molecule has 3 aromatic rings. The van der Waals surface area contributed by atoms with Crippen LogP contribution in [0.3, 0.4) is 0 Å². The lowest BCUT2D eigenvalue weighted by molar-refractivity contribution is -0.119. The van der Waals surface area contributed by atoms with Gasteiger partial charge in [-0.15, -0.1) is 0 Å². The minimum atomic E-state index is -0.485. The molecule has 130 valence electrons. The van der Waals surface area contributed by atoms with E-state index in [-0.39, 0.29) is 11.7 Å². The average Bonchev–Trinajstić information content (AvgIpc) is 3.15. The van der Waals surface area contributed by atoms with Crippen molar-refractivity contribution in [3.8, 4) is 0 Å². The number of carbonyl (C=O) groups is 1. The molecule has 0 aliphatic heterocycles. The van der Waals surface area contributed by atoms with E-state index in [9.17, 15) is 9.18 Å². The Bertz CT molecular complexity index is 885. The molecule has 1 N–H and O–H groups in total. The molecule has 0 saturated heterocycles. The summed E-state index contributed by atoms with van der Waals surface area (Å²) in [5, 5.41) is 11.3. The van der Waals surface area contributed by atoms with Crippen molar-refractivity contribution in [2.24, 2.45) is 0 Å². The summed E-state index contributed by atoms with van der Waals surface area (Å²) < 4.78 is 17.7. The highest BCUT2D eigenvalue weighted by atomic mass is 79.9. The van der Waals surface area contributed by atoms with Gasteiger partial charge in [-0.05, 0) is 35.8 Å². The molecule has 0 saturated carbocycles. The zero-order chi connectivity index (χ0) is 18.0. The first kappa shape index (κ1) is 17.3. The minimum absolute atomic E-state index is 0.230. The van der Waals surface area contributed by atoms with Gasteiger partial charge in [0.1, 0.15) is 11.9 Å². The van der Waals surface area contributed by atoms with Crippen LogP contribution in [0.4, 0.5) is 10.2 Å². The molecule has 1 unspecified atom stereocenters. The summed E-state index contributed by atoms with van der Waals surface area (Å²) in [5.41, 5.74) is 1.35. The molecule has 3 rings (SSSR count). The van der Waals surface area contributed by atoms with Crippen molar-refractivity contribution in [3.05, 3.63) is 64.3 Å². The van der Waals surface area contributed by atoms with Gasteiger partial charge >= 0.3 is 0 Å². The van der Waals surface area contributed by atoms with Gasteiger partial charge in [0.25, 0.3) is 0 Å². The molecule has 1 amide bonds. The lowest BCUT2D eigenvalue weighted by Gasteiger charge is -2.11. The van der Waals surface area contributed by atoms with E-state index >= 15 is 0 Å². The summed E-state index contributed by atoms with van der Waals surface area (Å²) in [7, 11) is 0. The third-order valence-electron chi connectivity index (χ3n) is 3.82. The zero-order valence-electron chi connectivity index (χ0n) is 13.8. The summed E-state index contributed by atoms with van der Waals surface area (Å²) in [6.45, 7) is 3.91. The van der Waals surface area contributed by atoms with Crippen LogP contribution in [-0.2, 0) is 11.3 Å². The van der Waals surface area contributed by atoms with E-state index < -0.39 is 6.04 Å². The molecule has 6 nitrogen and oxygen atoms in total. The maximum absolute atomic E-state index is 13.7. The number of nitrogens with one attached hydrogen (secondary N) is 1. The molecule has 0 bridgehead atoms. The Hall–Kier alpha value is -2.48. The van der Waals surface area contributed by atoms with Crippen molar-refractivity contribution >= 4 is 27.7 Å². The summed E-state index contributed by atoms with van der Waals surface area (Å²) in [4.78, 5) is 12.4. The lowest BCUT2D eigenvalue weighted by atomic mass is 10.2. The first-order valence-corrected chi connectivity index (χ1v) is 8.52. The van der Waals surface area contributed by atoms with Gasteiger partial charge in [0, 0.05) is 24.0 Å². The lowest BCUT2D eigenvalue weighted by Crippen LogP contribution is -2.24. The van der Waals surface area contributed by atoms with Crippen molar-refractivity contribution in [1.29, 1.82) is 0 Å². The number of rotatable bonds is 5. The monoisotopic (exact) mass is 405 g/mol. The number of halogens is 2. The predicted octanol–water partition coefficient (Wildman–Crippen LogP) is 3.54. The number of hydrogen-bond donors (Lipinski definition) is 1. The molecule has 0 radical (unpaired) electrons. The summed E-state index contributed by atoms with van der Waals surface area (Å²) in [5.74, 6) is -0.0980. The largest absolute Gasteiger partial charge is 0.307 e. The Kier molecular flexibility index (Phi) is 4.98. The van der Waals surface area contributed by atoms with Gasteiger partial charge in [-0.3, -0.25) is 14.2 Å². The number of amides is 1. The molecule has 0 spiro atoms. The van der Waals surface area contributed by atoms with E-state index in [1.54, 1.807) is 52.9 Å². The maximum Gasteiger partial charge on any atom is 0.250 e. The van der Waals surface area contributed by atoms with Gasteiger partial charge in [0.05, 0.1) is 16.7 Å². The van der Waals surface area contributed by atoms with Crippen LogP contribution in [0.5, 0.6) is 0 Å². The van der Waals surface area contributed by atoms with E-state index in [0.29, 0.717) is 17.9 Å². The van der Waals surface area contributed by atoms with Gasteiger partial charge in [-0.2, -0.15) is 10.2 Å². The van der Waals surface area contributed by atoms with E-state index in [4.69, 9.17) is 0 Å². The molecule has 1 aromatic carbocycles. The van der Waals surface area contributed by atoms with Gasteiger partial charge in [0.15, 0.2) is 5.82 Å². The van der Waals surface area contributed by atoms with Crippen LogP contribution >= 0.6 is 15.9 Å². The SMILES string of the molecule is Cc1nn(C(C)C(=O)Nc2ccn(Cc3ccccc3F)n2)cc1Br. The molecular formula is C17H17BrFN5O. The van der Waals surface area contributed by atoms with Gasteiger partial charge in [-0.1, -0.05) is 18.2 Å². The van der Waals surface area contributed by atoms with E-state index in [1.807, 2.05) is 6.92 Å². The number of hydrogen-bond acceptors (Lipinski definition) is 3. The van der Waals surface area contributed by atoms with Crippen molar-refractivity contribution in [2.75, 3.05) is 5.32 Å². The number of anilines is 1. The van der Waals surface area contributed by atoms with Crippen LogP contribution in [-0.4, -0.2) is 25.5 Å². The fourth-order valence-corrected chi connectivity index (χ4v) is 2.62. The van der Waals surface area contributed by atoms with E-state index in [0.717, 1.165) is 10.2 Å².